The molecule has 27 heavy (non-hydrogen) atoms. The maximum atomic E-state index is 12.8. The van der Waals surface area contributed by atoms with Gasteiger partial charge in [0.2, 0.25) is 5.91 Å². The summed E-state index contributed by atoms with van der Waals surface area (Å²) in [4.78, 5) is 42.1. The molecule has 0 spiro atoms. The summed E-state index contributed by atoms with van der Waals surface area (Å²) in [6, 6.07) is 6.84. The first-order valence-electron chi connectivity index (χ1n) is 8.84. The van der Waals surface area contributed by atoms with Crippen LogP contribution in [0.1, 0.15) is 24.5 Å². The van der Waals surface area contributed by atoms with Crippen LogP contribution in [-0.2, 0) is 21.7 Å². The molecule has 0 bridgehead atoms. The van der Waals surface area contributed by atoms with E-state index in [4.69, 9.17) is 0 Å². The molecule has 0 aliphatic carbocycles. The Kier molecular flexibility index (Phi) is 5.25. The smallest absolute Gasteiger partial charge is 0.325 e. The predicted octanol–water partition coefficient (Wildman–Crippen LogP) is 1.17. The fourth-order valence-corrected chi connectivity index (χ4v) is 3.03. The molecule has 1 aromatic heterocycles. The number of aryl methyl sites for hydroxylation is 2. The van der Waals surface area contributed by atoms with Crippen LogP contribution in [-0.4, -0.2) is 45.4 Å². The lowest BCUT2D eigenvalue weighted by atomic mass is 9.91. The van der Waals surface area contributed by atoms with Gasteiger partial charge in [-0.1, -0.05) is 29.8 Å². The quantitative estimate of drug-likeness (QED) is 0.565. The highest BCUT2D eigenvalue weighted by molar-refractivity contribution is 6.09. The molecular weight excluding hydrogens is 346 g/mol. The third-order valence-corrected chi connectivity index (χ3v) is 4.68. The highest BCUT2D eigenvalue weighted by Gasteiger charge is 2.49. The van der Waals surface area contributed by atoms with Crippen LogP contribution in [0.2, 0.25) is 0 Å². The van der Waals surface area contributed by atoms with Crippen molar-refractivity contribution in [2.45, 2.75) is 32.4 Å². The number of carbonyl (C=O) groups is 3. The van der Waals surface area contributed by atoms with Crippen LogP contribution in [0, 0.1) is 6.92 Å². The number of hydrogen-bond donors (Lipinski definition) is 2. The number of urea groups is 1. The van der Waals surface area contributed by atoms with E-state index in [1.54, 1.807) is 19.4 Å². The number of nitrogens with zero attached hydrogens (tertiary/aromatic N) is 3. The van der Waals surface area contributed by atoms with Crippen LogP contribution in [0.3, 0.4) is 0 Å². The van der Waals surface area contributed by atoms with Gasteiger partial charge in [0, 0.05) is 25.5 Å². The zero-order valence-corrected chi connectivity index (χ0v) is 15.4. The normalized spacial score (nSPS) is 19.3. The zero-order valence-electron chi connectivity index (χ0n) is 15.4. The van der Waals surface area contributed by atoms with Gasteiger partial charge < -0.3 is 15.2 Å². The first kappa shape index (κ1) is 18.6. The number of rotatable bonds is 7. The number of aromatic nitrogens is 2. The molecular formula is C19H23N5O3. The van der Waals surface area contributed by atoms with Crippen LogP contribution >= 0.6 is 0 Å². The molecule has 3 rings (SSSR count). The second kappa shape index (κ2) is 7.61. The molecule has 1 unspecified atom stereocenters. The molecule has 2 aromatic rings. The molecule has 1 saturated heterocycles. The second-order valence-electron chi connectivity index (χ2n) is 6.82. The van der Waals surface area contributed by atoms with Gasteiger partial charge in [-0.3, -0.25) is 14.5 Å². The molecule has 1 atom stereocenters. The third kappa shape index (κ3) is 3.99. The number of imide groups is 1. The zero-order chi connectivity index (χ0) is 19.4. The molecule has 4 amide bonds. The Morgan fingerprint density at radius 2 is 2.00 bits per heavy atom. The number of imidazole rings is 1. The summed E-state index contributed by atoms with van der Waals surface area (Å²) in [5.74, 6) is -0.790. The Morgan fingerprint density at radius 1 is 1.26 bits per heavy atom. The molecule has 142 valence electrons. The fraction of sp³-hybridized carbons (Fsp3) is 0.368. The second-order valence-corrected chi connectivity index (χ2v) is 6.82. The summed E-state index contributed by atoms with van der Waals surface area (Å²) in [7, 11) is 0. The number of hydrogen-bond acceptors (Lipinski definition) is 4. The van der Waals surface area contributed by atoms with Crippen LogP contribution < -0.4 is 10.6 Å². The monoisotopic (exact) mass is 369 g/mol. The van der Waals surface area contributed by atoms with Crippen molar-refractivity contribution < 1.29 is 14.4 Å². The van der Waals surface area contributed by atoms with E-state index in [0.29, 0.717) is 12.1 Å². The molecule has 1 aliphatic heterocycles. The van der Waals surface area contributed by atoms with E-state index in [2.05, 4.69) is 15.6 Å². The fourth-order valence-electron chi connectivity index (χ4n) is 3.03. The van der Waals surface area contributed by atoms with Gasteiger partial charge in [-0.2, -0.15) is 0 Å². The van der Waals surface area contributed by atoms with Gasteiger partial charge in [0.1, 0.15) is 12.1 Å². The molecule has 0 radical (unpaired) electrons. The van der Waals surface area contributed by atoms with E-state index in [-0.39, 0.29) is 12.5 Å². The van der Waals surface area contributed by atoms with E-state index >= 15 is 0 Å². The summed E-state index contributed by atoms with van der Waals surface area (Å²) in [5.41, 5.74) is 0.590. The molecule has 8 nitrogen and oxygen atoms in total. The number of nitrogens with one attached hydrogen (secondary N) is 2. The van der Waals surface area contributed by atoms with Gasteiger partial charge in [0.05, 0.1) is 6.33 Å². The van der Waals surface area contributed by atoms with Crippen molar-refractivity contribution in [1.29, 1.82) is 0 Å². The lowest BCUT2D eigenvalue weighted by Gasteiger charge is -2.22. The lowest BCUT2D eigenvalue weighted by molar-refractivity contribution is -0.134. The minimum absolute atomic E-state index is 0.294. The highest BCUT2D eigenvalue weighted by atomic mass is 16.2. The summed E-state index contributed by atoms with van der Waals surface area (Å²) in [6.07, 6.45) is 5.98. The topological polar surface area (TPSA) is 96.3 Å². The Morgan fingerprint density at radius 3 is 2.67 bits per heavy atom. The molecule has 0 saturated carbocycles. The number of carbonyl (C=O) groups excluding carboxylic acids is 3. The van der Waals surface area contributed by atoms with Crippen molar-refractivity contribution in [1.82, 2.24) is 25.1 Å². The van der Waals surface area contributed by atoms with E-state index in [1.165, 1.54) is 0 Å². The van der Waals surface area contributed by atoms with Gasteiger partial charge in [0.25, 0.3) is 5.91 Å². The van der Waals surface area contributed by atoms with Crippen LogP contribution in [0.4, 0.5) is 4.79 Å². The van der Waals surface area contributed by atoms with Gasteiger partial charge in [-0.05, 0) is 25.8 Å². The highest BCUT2D eigenvalue weighted by Crippen LogP contribution is 2.28. The Hall–Kier alpha value is -3.16. The molecule has 1 fully saturated rings. The van der Waals surface area contributed by atoms with Crippen molar-refractivity contribution in [3.63, 3.8) is 0 Å². The first-order valence-corrected chi connectivity index (χ1v) is 8.84. The van der Waals surface area contributed by atoms with E-state index in [9.17, 15) is 14.4 Å². The standard InChI is InChI=1S/C19H23N5O3/c1-14-4-6-15(7-5-14)19(2)17(26)24(18(27)22-19)12-16(25)21-8-3-10-23-11-9-20-13-23/h4-7,9,11,13H,3,8,10,12H2,1-2H3,(H,21,25)(H,22,27). The predicted molar refractivity (Wildman–Crippen MR) is 98.6 cm³/mol. The molecule has 1 aliphatic rings. The first-order chi connectivity index (χ1) is 12.9. The van der Waals surface area contributed by atoms with Crippen molar-refractivity contribution in [2.75, 3.05) is 13.1 Å². The van der Waals surface area contributed by atoms with E-state index in [0.717, 1.165) is 23.4 Å². The average Bonchev–Trinajstić information content (AvgIpc) is 3.23. The summed E-state index contributed by atoms with van der Waals surface area (Å²) in [5, 5.41) is 5.45. The number of amides is 4. The van der Waals surface area contributed by atoms with Crippen LogP contribution in [0.5, 0.6) is 0 Å². The third-order valence-electron chi connectivity index (χ3n) is 4.68. The van der Waals surface area contributed by atoms with Gasteiger partial charge in [-0.15, -0.1) is 0 Å². The van der Waals surface area contributed by atoms with Crippen molar-refractivity contribution >= 4 is 17.8 Å². The summed E-state index contributed by atoms with van der Waals surface area (Å²) in [6.45, 7) is 4.49. The van der Waals surface area contributed by atoms with E-state index in [1.807, 2.05) is 42.0 Å². The van der Waals surface area contributed by atoms with E-state index < -0.39 is 17.5 Å². The van der Waals surface area contributed by atoms with Gasteiger partial charge >= 0.3 is 6.03 Å². The Balaban J connectivity index is 1.55. The maximum absolute atomic E-state index is 12.8. The molecule has 8 heteroatoms. The molecule has 1 aromatic carbocycles. The maximum Gasteiger partial charge on any atom is 0.325 e. The minimum atomic E-state index is -1.16. The average molecular weight is 369 g/mol. The lowest BCUT2D eigenvalue weighted by Crippen LogP contribution is -2.43. The Bertz CT molecular complexity index is 832. The van der Waals surface area contributed by atoms with Crippen LogP contribution in [0.25, 0.3) is 0 Å². The molecule has 2 heterocycles. The van der Waals surface area contributed by atoms with Crippen molar-refractivity contribution in [3.05, 3.63) is 54.1 Å². The molecule has 2 N–H and O–H groups in total. The van der Waals surface area contributed by atoms with Crippen molar-refractivity contribution in [3.8, 4) is 0 Å². The summed E-state index contributed by atoms with van der Waals surface area (Å²) < 4.78 is 1.91. The number of benzene rings is 1. The Labute approximate surface area is 157 Å². The van der Waals surface area contributed by atoms with Crippen LogP contribution in [0.15, 0.2) is 43.0 Å². The van der Waals surface area contributed by atoms with Gasteiger partial charge in [0.15, 0.2) is 0 Å². The van der Waals surface area contributed by atoms with Crippen molar-refractivity contribution in [2.24, 2.45) is 0 Å². The largest absolute Gasteiger partial charge is 0.354 e. The minimum Gasteiger partial charge on any atom is -0.354 e. The summed E-state index contributed by atoms with van der Waals surface area (Å²) >= 11 is 0. The SMILES string of the molecule is Cc1ccc(C2(C)NC(=O)N(CC(=O)NCCCn3ccnc3)C2=O)cc1. The van der Waals surface area contributed by atoms with Gasteiger partial charge in [-0.25, -0.2) is 9.78 Å².